The Labute approximate surface area is 257 Å². The van der Waals surface area contributed by atoms with E-state index in [1.165, 1.54) is 32.0 Å². The number of halogens is 6. The first kappa shape index (κ1) is 29.9. The molecule has 5 aromatic rings. The number of para-hydroxylation sites is 1. The number of thiophene rings is 2. The number of amides is 1. The fraction of sp³-hybridized carbons (Fsp3) is 0.147. The normalized spacial score (nSPS) is 16.7. The first-order valence-corrected chi connectivity index (χ1v) is 15.1. The van der Waals surface area contributed by atoms with Gasteiger partial charge in [0.1, 0.15) is 0 Å². The number of anilines is 1. The van der Waals surface area contributed by atoms with Gasteiger partial charge < -0.3 is 5.32 Å². The molecule has 2 aromatic heterocycles. The molecule has 1 amide bonds. The smallest absolute Gasteiger partial charge is 0.322 e. The van der Waals surface area contributed by atoms with E-state index in [9.17, 15) is 4.79 Å². The van der Waals surface area contributed by atoms with E-state index in [0.29, 0.717) is 26.6 Å². The molecule has 0 saturated heterocycles. The third-order valence-corrected chi connectivity index (χ3v) is 9.74. The highest BCUT2D eigenvalue weighted by Gasteiger charge is 2.80. The molecule has 0 spiro atoms. The van der Waals surface area contributed by atoms with E-state index < -0.39 is 34.8 Å². The number of allylic oxidation sites excluding steroid dienone is 2. The molecular weight excluding hydrogens is 617 g/mol. The van der Waals surface area contributed by atoms with Gasteiger partial charge in [-0.25, -0.2) is 0 Å². The van der Waals surface area contributed by atoms with E-state index in [4.69, 9.17) is 0 Å². The minimum absolute atomic E-state index is 0.163. The van der Waals surface area contributed by atoms with Gasteiger partial charge in [0.2, 0.25) is 0 Å². The second-order valence-electron chi connectivity index (χ2n) is 10.4. The van der Waals surface area contributed by atoms with Crippen LogP contribution < -0.4 is 5.32 Å². The van der Waals surface area contributed by atoms with Gasteiger partial charge in [-0.15, -0.1) is 22.7 Å². The third-order valence-electron chi connectivity index (χ3n) is 7.54. The molecule has 0 radical (unpaired) electrons. The largest absolute Gasteiger partial charge is 0.380 e. The second kappa shape index (κ2) is 10.8. The van der Waals surface area contributed by atoms with Gasteiger partial charge in [0, 0.05) is 41.9 Å². The summed E-state index contributed by atoms with van der Waals surface area (Å²) in [4.78, 5) is 14.1. The third kappa shape index (κ3) is 4.77. The van der Waals surface area contributed by atoms with Crippen molar-refractivity contribution in [2.75, 3.05) is 5.32 Å². The molecular formula is C34H23F6NOS2. The molecule has 224 valence electrons. The van der Waals surface area contributed by atoms with Crippen LogP contribution in [0.25, 0.3) is 32.0 Å². The molecule has 0 bridgehead atoms. The van der Waals surface area contributed by atoms with Gasteiger partial charge in [-0.3, -0.25) is 4.79 Å². The molecule has 0 atom stereocenters. The van der Waals surface area contributed by atoms with E-state index >= 15 is 26.3 Å². The zero-order chi connectivity index (χ0) is 31.4. The van der Waals surface area contributed by atoms with Crippen LogP contribution in [0.5, 0.6) is 0 Å². The summed E-state index contributed by atoms with van der Waals surface area (Å²) in [7, 11) is 0. The Morgan fingerprint density at radius 2 is 1.09 bits per heavy atom. The van der Waals surface area contributed by atoms with Crippen molar-refractivity contribution in [3.63, 3.8) is 0 Å². The van der Waals surface area contributed by atoms with E-state index in [-0.39, 0.29) is 26.4 Å². The average molecular weight is 640 g/mol. The predicted molar refractivity (Wildman–Crippen MR) is 165 cm³/mol. The molecule has 0 unspecified atom stereocenters. The molecule has 0 saturated carbocycles. The number of hydrogen-bond acceptors (Lipinski definition) is 3. The molecule has 2 nitrogen and oxygen atoms in total. The maximum atomic E-state index is 15.6. The lowest BCUT2D eigenvalue weighted by atomic mass is 9.94. The highest BCUT2D eigenvalue weighted by molar-refractivity contribution is 7.16. The predicted octanol–water partition coefficient (Wildman–Crippen LogP) is 10.8. The minimum atomic E-state index is -5.66. The summed E-state index contributed by atoms with van der Waals surface area (Å²) >= 11 is 2.07. The molecule has 0 fully saturated rings. The Kier molecular flexibility index (Phi) is 7.33. The highest BCUT2D eigenvalue weighted by Crippen LogP contribution is 2.66. The van der Waals surface area contributed by atoms with Crippen molar-refractivity contribution >= 4 is 45.4 Å². The Hall–Kier alpha value is -4.15. The van der Waals surface area contributed by atoms with E-state index in [2.05, 4.69) is 5.32 Å². The zero-order valence-electron chi connectivity index (χ0n) is 23.2. The standard InChI is InChI=1S/C34H23F6NOS2/c1-19-25(17-27(43-19)21-10-5-3-6-11-21)29-30(33(37,38)34(39,40)32(29,35)36)26-18-28(44-20(26)2)22-12-9-13-23(16-22)31(42)41-24-14-7-4-8-15-24/h3-18H,1-2H3,(H,41,42). The molecule has 3 aromatic carbocycles. The van der Waals surface area contributed by atoms with Crippen molar-refractivity contribution in [1.82, 2.24) is 0 Å². The number of rotatable bonds is 6. The topological polar surface area (TPSA) is 29.1 Å². The van der Waals surface area contributed by atoms with Crippen molar-refractivity contribution in [3.05, 3.63) is 124 Å². The summed E-state index contributed by atoms with van der Waals surface area (Å²) in [6.45, 7) is 2.89. The van der Waals surface area contributed by atoms with Crippen LogP contribution in [0, 0.1) is 13.8 Å². The quantitative estimate of drug-likeness (QED) is 0.184. The molecule has 1 aliphatic rings. The summed E-state index contributed by atoms with van der Waals surface area (Å²) in [5, 5.41) is 2.76. The number of hydrogen-bond donors (Lipinski definition) is 1. The van der Waals surface area contributed by atoms with Gasteiger partial charge in [0.05, 0.1) is 0 Å². The van der Waals surface area contributed by atoms with E-state index in [1.807, 2.05) is 0 Å². The van der Waals surface area contributed by atoms with Gasteiger partial charge in [-0.1, -0.05) is 60.7 Å². The Morgan fingerprint density at radius 1 is 0.614 bits per heavy atom. The van der Waals surface area contributed by atoms with Crippen molar-refractivity contribution < 1.29 is 31.1 Å². The van der Waals surface area contributed by atoms with Gasteiger partial charge >= 0.3 is 17.8 Å². The lowest BCUT2D eigenvalue weighted by molar-refractivity contribution is -0.254. The summed E-state index contributed by atoms with van der Waals surface area (Å²) in [6, 6.07) is 26.3. The van der Waals surface area contributed by atoms with E-state index in [1.54, 1.807) is 78.9 Å². The Bertz CT molecular complexity index is 1910. The number of carbonyl (C=O) groups excluding carboxylic acids is 1. The van der Waals surface area contributed by atoms with Gasteiger partial charge in [-0.2, -0.15) is 26.3 Å². The molecule has 1 aliphatic carbocycles. The van der Waals surface area contributed by atoms with Gasteiger partial charge in [0.25, 0.3) is 5.91 Å². The molecule has 10 heteroatoms. The van der Waals surface area contributed by atoms with Crippen LogP contribution >= 0.6 is 22.7 Å². The summed E-state index contributed by atoms with van der Waals surface area (Å²) in [5.74, 6) is -16.4. The fourth-order valence-electron chi connectivity index (χ4n) is 5.32. The Morgan fingerprint density at radius 3 is 1.64 bits per heavy atom. The van der Waals surface area contributed by atoms with Crippen molar-refractivity contribution in [2.45, 2.75) is 31.6 Å². The summed E-state index contributed by atoms with van der Waals surface area (Å²) < 4.78 is 92.4. The molecule has 44 heavy (non-hydrogen) atoms. The molecule has 1 N–H and O–H groups in total. The fourth-order valence-corrected chi connectivity index (χ4v) is 7.37. The number of aryl methyl sites for hydroxylation is 2. The molecule has 0 aliphatic heterocycles. The van der Waals surface area contributed by atoms with Crippen LogP contribution in [0.3, 0.4) is 0 Å². The molecule has 2 heterocycles. The van der Waals surface area contributed by atoms with Crippen LogP contribution in [-0.2, 0) is 0 Å². The average Bonchev–Trinajstić information content (AvgIpc) is 3.60. The first-order valence-electron chi connectivity index (χ1n) is 13.5. The SMILES string of the molecule is Cc1sc(-c2ccccc2)cc1C1=C(c2cc(-c3cccc(C(=O)Nc4ccccc4)c3)sc2C)C(F)(F)C(F)(F)C1(F)F. The number of alkyl halides is 6. The van der Waals surface area contributed by atoms with Crippen LogP contribution in [0.2, 0.25) is 0 Å². The number of benzene rings is 3. The van der Waals surface area contributed by atoms with Crippen LogP contribution in [0.1, 0.15) is 31.2 Å². The number of nitrogens with one attached hydrogen (secondary N) is 1. The van der Waals surface area contributed by atoms with Crippen LogP contribution in [0.15, 0.2) is 97.1 Å². The summed E-state index contributed by atoms with van der Waals surface area (Å²) in [6.07, 6.45) is 0. The van der Waals surface area contributed by atoms with Crippen LogP contribution in [-0.4, -0.2) is 23.7 Å². The monoisotopic (exact) mass is 639 g/mol. The van der Waals surface area contributed by atoms with Crippen molar-refractivity contribution in [3.8, 4) is 20.9 Å². The van der Waals surface area contributed by atoms with Gasteiger partial charge in [0.15, 0.2) is 0 Å². The maximum absolute atomic E-state index is 15.6. The maximum Gasteiger partial charge on any atom is 0.380 e. The van der Waals surface area contributed by atoms with Crippen molar-refractivity contribution in [2.24, 2.45) is 0 Å². The van der Waals surface area contributed by atoms with E-state index in [0.717, 1.165) is 22.7 Å². The van der Waals surface area contributed by atoms with Gasteiger partial charge in [-0.05, 0) is 72.5 Å². The second-order valence-corrected chi connectivity index (χ2v) is 12.9. The summed E-state index contributed by atoms with van der Waals surface area (Å²) in [5.41, 5.74) is -1.53. The first-order chi connectivity index (χ1) is 20.8. The lowest BCUT2D eigenvalue weighted by Gasteiger charge is -2.25. The van der Waals surface area contributed by atoms with Crippen LogP contribution in [0.4, 0.5) is 32.0 Å². The number of carbonyl (C=O) groups is 1. The zero-order valence-corrected chi connectivity index (χ0v) is 24.9. The Balaban J connectivity index is 1.47. The minimum Gasteiger partial charge on any atom is -0.322 e. The highest BCUT2D eigenvalue weighted by atomic mass is 32.1. The lowest BCUT2D eigenvalue weighted by Crippen LogP contribution is -2.48. The molecule has 6 rings (SSSR count). The van der Waals surface area contributed by atoms with Crippen molar-refractivity contribution in [1.29, 1.82) is 0 Å².